The smallest absolute Gasteiger partial charge is 0.261 e. The van der Waals surface area contributed by atoms with Gasteiger partial charge in [-0.1, -0.05) is 24.3 Å². The lowest BCUT2D eigenvalue weighted by Crippen LogP contribution is -2.29. The fourth-order valence-corrected chi connectivity index (χ4v) is 2.68. The molecule has 2 aromatic rings. The molecular formula is C19H18N2O3. The fraction of sp³-hybridized carbons (Fsp3) is 0.211. The van der Waals surface area contributed by atoms with Crippen LogP contribution < -0.4 is 0 Å². The highest BCUT2D eigenvalue weighted by Gasteiger charge is 2.34. The monoisotopic (exact) mass is 322 g/mol. The molecule has 0 radical (unpaired) electrons. The van der Waals surface area contributed by atoms with Gasteiger partial charge in [-0.15, -0.1) is 0 Å². The maximum atomic E-state index is 12.4. The number of fused-ring (bicyclic) bond motifs is 1. The van der Waals surface area contributed by atoms with Crippen molar-refractivity contribution in [1.82, 2.24) is 9.80 Å². The summed E-state index contributed by atoms with van der Waals surface area (Å²) < 4.78 is 0. The number of rotatable bonds is 4. The third-order valence-electron chi connectivity index (χ3n) is 4.24. The Morgan fingerprint density at radius 2 is 1.50 bits per heavy atom. The molecule has 0 saturated carbocycles. The van der Waals surface area contributed by atoms with E-state index in [9.17, 15) is 14.4 Å². The Bertz CT molecular complexity index is 777. The summed E-state index contributed by atoms with van der Waals surface area (Å²) >= 11 is 0. The van der Waals surface area contributed by atoms with Crippen molar-refractivity contribution in [3.63, 3.8) is 0 Å². The van der Waals surface area contributed by atoms with E-state index in [1.807, 2.05) is 6.92 Å². The standard InChI is InChI=1S/C19H18N2O3/c1-3-20(2)17(22)14-10-8-13(9-11-14)12-21-18(23)15-6-4-5-7-16(15)19(21)24/h4-11H,3,12H2,1-2H3. The van der Waals surface area contributed by atoms with Gasteiger partial charge >= 0.3 is 0 Å². The lowest BCUT2D eigenvalue weighted by Gasteiger charge is -2.16. The third-order valence-corrected chi connectivity index (χ3v) is 4.24. The molecule has 5 nitrogen and oxygen atoms in total. The van der Waals surface area contributed by atoms with Crippen LogP contribution in [0.3, 0.4) is 0 Å². The lowest BCUT2D eigenvalue weighted by molar-refractivity contribution is 0.0641. The van der Waals surface area contributed by atoms with Crippen molar-refractivity contribution in [2.24, 2.45) is 0 Å². The Morgan fingerprint density at radius 1 is 0.958 bits per heavy atom. The molecule has 3 rings (SSSR count). The summed E-state index contributed by atoms with van der Waals surface area (Å²) in [6.07, 6.45) is 0. The molecule has 1 heterocycles. The Morgan fingerprint density at radius 3 is 2.00 bits per heavy atom. The number of hydrogen-bond acceptors (Lipinski definition) is 3. The van der Waals surface area contributed by atoms with Crippen molar-refractivity contribution < 1.29 is 14.4 Å². The van der Waals surface area contributed by atoms with Gasteiger partial charge in [-0.2, -0.15) is 0 Å². The van der Waals surface area contributed by atoms with E-state index in [0.29, 0.717) is 23.2 Å². The van der Waals surface area contributed by atoms with Gasteiger partial charge in [0.2, 0.25) is 0 Å². The van der Waals surface area contributed by atoms with Crippen LogP contribution in [0.4, 0.5) is 0 Å². The van der Waals surface area contributed by atoms with E-state index in [-0.39, 0.29) is 24.3 Å². The lowest BCUT2D eigenvalue weighted by atomic mass is 10.1. The van der Waals surface area contributed by atoms with Crippen LogP contribution in [0.15, 0.2) is 48.5 Å². The number of carbonyl (C=O) groups excluding carboxylic acids is 3. The number of benzene rings is 2. The third kappa shape index (κ3) is 2.69. The maximum absolute atomic E-state index is 12.4. The molecule has 5 heteroatoms. The molecule has 24 heavy (non-hydrogen) atoms. The van der Waals surface area contributed by atoms with Gasteiger partial charge < -0.3 is 4.90 Å². The van der Waals surface area contributed by atoms with Gasteiger partial charge in [-0.25, -0.2) is 0 Å². The van der Waals surface area contributed by atoms with E-state index in [1.165, 1.54) is 4.90 Å². The van der Waals surface area contributed by atoms with Crippen LogP contribution >= 0.6 is 0 Å². The normalized spacial score (nSPS) is 13.2. The maximum Gasteiger partial charge on any atom is 0.261 e. The Labute approximate surface area is 140 Å². The van der Waals surface area contributed by atoms with Gasteiger partial charge in [0.1, 0.15) is 0 Å². The van der Waals surface area contributed by atoms with Crippen molar-refractivity contribution in [2.75, 3.05) is 13.6 Å². The van der Waals surface area contributed by atoms with Gasteiger partial charge in [-0.05, 0) is 36.8 Å². The SMILES string of the molecule is CCN(C)C(=O)c1ccc(CN2C(=O)c3ccccc3C2=O)cc1. The van der Waals surface area contributed by atoms with E-state index in [0.717, 1.165) is 5.56 Å². The largest absolute Gasteiger partial charge is 0.342 e. The number of amides is 3. The molecule has 0 bridgehead atoms. The summed E-state index contributed by atoms with van der Waals surface area (Å²) in [7, 11) is 1.75. The van der Waals surface area contributed by atoms with Gasteiger partial charge in [0.15, 0.2) is 0 Å². The number of carbonyl (C=O) groups is 3. The second-order valence-electron chi connectivity index (χ2n) is 5.76. The van der Waals surface area contributed by atoms with Crippen molar-refractivity contribution in [3.05, 3.63) is 70.8 Å². The molecule has 1 aliphatic heterocycles. The first-order valence-electron chi connectivity index (χ1n) is 7.82. The summed E-state index contributed by atoms with van der Waals surface area (Å²) in [6, 6.07) is 13.8. The minimum Gasteiger partial charge on any atom is -0.342 e. The minimum absolute atomic E-state index is 0.0511. The molecule has 0 atom stereocenters. The molecule has 0 N–H and O–H groups in total. The molecule has 1 aliphatic rings. The molecule has 0 fully saturated rings. The van der Waals surface area contributed by atoms with Gasteiger partial charge in [0.25, 0.3) is 17.7 Å². The Hall–Kier alpha value is -2.95. The molecule has 0 saturated heterocycles. The van der Waals surface area contributed by atoms with Crippen LogP contribution in [0.5, 0.6) is 0 Å². The topological polar surface area (TPSA) is 57.7 Å². The van der Waals surface area contributed by atoms with Crippen LogP contribution in [-0.2, 0) is 6.54 Å². The van der Waals surface area contributed by atoms with Crippen molar-refractivity contribution in [3.8, 4) is 0 Å². The number of hydrogen-bond donors (Lipinski definition) is 0. The first-order valence-corrected chi connectivity index (χ1v) is 7.82. The summed E-state index contributed by atoms with van der Waals surface area (Å²) in [6.45, 7) is 2.74. The van der Waals surface area contributed by atoms with E-state index in [4.69, 9.17) is 0 Å². The highest BCUT2D eigenvalue weighted by atomic mass is 16.2. The molecular weight excluding hydrogens is 304 g/mol. The highest BCUT2D eigenvalue weighted by Crippen LogP contribution is 2.24. The second kappa shape index (κ2) is 6.28. The average molecular weight is 322 g/mol. The highest BCUT2D eigenvalue weighted by molar-refractivity contribution is 6.21. The Balaban J connectivity index is 1.77. The van der Waals surface area contributed by atoms with Crippen molar-refractivity contribution in [2.45, 2.75) is 13.5 Å². The van der Waals surface area contributed by atoms with E-state index >= 15 is 0 Å². The Kier molecular flexibility index (Phi) is 4.16. The molecule has 0 unspecified atom stereocenters. The molecule has 0 spiro atoms. The van der Waals surface area contributed by atoms with Crippen LogP contribution in [0, 0.1) is 0 Å². The van der Waals surface area contributed by atoms with E-state index < -0.39 is 0 Å². The molecule has 0 aromatic heterocycles. The summed E-state index contributed by atoms with van der Waals surface area (Å²) in [5.74, 6) is -0.604. The molecule has 2 aromatic carbocycles. The van der Waals surface area contributed by atoms with Crippen LogP contribution in [0.25, 0.3) is 0 Å². The molecule has 3 amide bonds. The number of nitrogens with zero attached hydrogens (tertiary/aromatic N) is 2. The molecule has 122 valence electrons. The van der Waals surface area contributed by atoms with E-state index in [2.05, 4.69) is 0 Å². The minimum atomic E-state index is -0.276. The van der Waals surface area contributed by atoms with Crippen molar-refractivity contribution in [1.29, 1.82) is 0 Å². The number of imide groups is 1. The second-order valence-corrected chi connectivity index (χ2v) is 5.76. The van der Waals surface area contributed by atoms with Gasteiger partial charge in [0, 0.05) is 19.2 Å². The summed E-state index contributed by atoms with van der Waals surface area (Å²) in [5.41, 5.74) is 2.28. The van der Waals surface area contributed by atoms with E-state index in [1.54, 1.807) is 60.5 Å². The predicted octanol–water partition coefficient (Wildman–Crippen LogP) is 2.57. The predicted molar refractivity (Wildman–Crippen MR) is 89.7 cm³/mol. The van der Waals surface area contributed by atoms with Crippen molar-refractivity contribution >= 4 is 17.7 Å². The van der Waals surface area contributed by atoms with Gasteiger partial charge in [0.05, 0.1) is 17.7 Å². The quantitative estimate of drug-likeness (QED) is 0.813. The first kappa shape index (κ1) is 15.9. The fourth-order valence-electron chi connectivity index (χ4n) is 2.68. The zero-order valence-corrected chi connectivity index (χ0v) is 13.7. The average Bonchev–Trinajstić information content (AvgIpc) is 2.86. The van der Waals surface area contributed by atoms with Gasteiger partial charge in [-0.3, -0.25) is 19.3 Å². The first-order chi connectivity index (χ1) is 11.5. The van der Waals surface area contributed by atoms with Crippen LogP contribution in [0.1, 0.15) is 43.6 Å². The zero-order valence-electron chi connectivity index (χ0n) is 13.7. The molecule has 0 aliphatic carbocycles. The zero-order chi connectivity index (χ0) is 17.3. The van der Waals surface area contributed by atoms with Crippen LogP contribution in [-0.4, -0.2) is 41.1 Å². The summed E-state index contributed by atoms with van der Waals surface area (Å²) in [4.78, 5) is 39.7. The van der Waals surface area contributed by atoms with Crippen LogP contribution in [0.2, 0.25) is 0 Å². The summed E-state index contributed by atoms with van der Waals surface area (Å²) in [5, 5.41) is 0.